The van der Waals surface area contributed by atoms with Gasteiger partial charge in [-0.05, 0) is 24.3 Å². The summed E-state index contributed by atoms with van der Waals surface area (Å²) in [5.74, 6) is -0.0154. The van der Waals surface area contributed by atoms with E-state index in [-0.39, 0.29) is 5.82 Å². The number of unbranched alkanes of at least 4 members (excludes halogenated alkanes) is 1. The SMILES string of the molecule is CCCCSc1cc2c(cc1F)C(O)C(=O)N2. The maximum Gasteiger partial charge on any atom is 0.257 e. The molecule has 1 aromatic carbocycles. The number of rotatable bonds is 4. The average molecular weight is 255 g/mol. The zero-order valence-electron chi connectivity index (χ0n) is 9.50. The average Bonchev–Trinajstić information content (AvgIpc) is 2.56. The van der Waals surface area contributed by atoms with Crippen LogP contribution in [0.3, 0.4) is 0 Å². The van der Waals surface area contributed by atoms with Crippen molar-refractivity contribution < 1.29 is 14.3 Å². The van der Waals surface area contributed by atoms with Gasteiger partial charge in [-0.25, -0.2) is 4.39 Å². The van der Waals surface area contributed by atoms with Crippen molar-refractivity contribution in [3.8, 4) is 0 Å². The number of carbonyl (C=O) groups excluding carboxylic acids is 1. The molecule has 1 aliphatic rings. The van der Waals surface area contributed by atoms with Crippen LogP contribution >= 0.6 is 11.8 Å². The van der Waals surface area contributed by atoms with Gasteiger partial charge in [0.05, 0.1) is 0 Å². The second kappa shape index (κ2) is 5.06. The van der Waals surface area contributed by atoms with Gasteiger partial charge in [0, 0.05) is 16.1 Å². The molecule has 0 radical (unpaired) electrons. The fourth-order valence-corrected chi connectivity index (χ4v) is 2.73. The minimum atomic E-state index is -1.24. The molecule has 1 atom stereocenters. The second-order valence-corrected chi connectivity index (χ2v) is 5.10. The molecule has 1 unspecified atom stereocenters. The van der Waals surface area contributed by atoms with E-state index in [1.165, 1.54) is 17.8 Å². The lowest BCUT2D eigenvalue weighted by Crippen LogP contribution is -2.10. The number of hydrogen-bond acceptors (Lipinski definition) is 3. The van der Waals surface area contributed by atoms with Crippen LogP contribution in [0.2, 0.25) is 0 Å². The summed E-state index contributed by atoms with van der Waals surface area (Å²) in [4.78, 5) is 11.7. The molecule has 0 aliphatic carbocycles. The number of thioether (sulfide) groups is 1. The standard InChI is InChI=1S/C12H14FNO2S/c1-2-3-4-17-10-6-9-7(5-8(10)13)11(15)12(16)14-9/h5-6,11,15H,2-4H2,1H3,(H,14,16). The molecule has 92 valence electrons. The van der Waals surface area contributed by atoms with Gasteiger partial charge in [0.2, 0.25) is 0 Å². The fraction of sp³-hybridized carbons (Fsp3) is 0.417. The number of aliphatic hydroxyl groups is 1. The topological polar surface area (TPSA) is 49.3 Å². The summed E-state index contributed by atoms with van der Waals surface area (Å²) in [5, 5.41) is 12.0. The maximum absolute atomic E-state index is 13.7. The third-order valence-electron chi connectivity index (χ3n) is 2.66. The van der Waals surface area contributed by atoms with Crippen LogP contribution < -0.4 is 5.32 Å². The smallest absolute Gasteiger partial charge is 0.257 e. The number of carbonyl (C=O) groups is 1. The quantitative estimate of drug-likeness (QED) is 0.642. The number of fused-ring (bicyclic) bond motifs is 1. The summed E-state index contributed by atoms with van der Waals surface area (Å²) in [5.41, 5.74) is 0.843. The number of amides is 1. The molecule has 0 bridgehead atoms. The van der Waals surface area contributed by atoms with E-state index in [1.807, 2.05) is 0 Å². The number of halogens is 1. The Labute approximate surface area is 103 Å². The van der Waals surface area contributed by atoms with Gasteiger partial charge < -0.3 is 10.4 Å². The zero-order chi connectivity index (χ0) is 12.4. The van der Waals surface area contributed by atoms with E-state index in [4.69, 9.17) is 0 Å². The highest BCUT2D eigenvalue weighted by Crippen LogP contribution is 2.36. The van der Waals surface area contributed by atoms with Gasteiger partial charge in [-0.1, -0.05) is 13.3 Å². The van der Waals surface area contributed by atoms with Crippen molar-refractivity contribution in [2.24, 2.45) is 0 Å². The second-order valence-electron chi connectivity index (χ2n) is 3.96. The lowest BCUT2D eigenvalue weighted by molar-refractivity contribution is -0.123. The maximum atomic E-state index is 13.7. The number of hydrogen-bond donors (Lipinski definition) is 2. The monoisotopic (exact) mass is 255 g/mol. The molecule has 0 spiro atoms. The van der Waals surface area contributed by atoms with Crippen molar-refractivity contribution in [3.05, 3.63) is 23.5 Å². The minimum Gasteiger partial charge on any atom is -0.378 e. The van der Waals surface area contributed by atoms with Crippen LogP contribution in [0, 0.1) is 5.82 Å². The lowest BCUT2D eigenvalue weighted by atomic mass is 10.1. The first-order valence-electron chi connectivity index (χ1n) is 5.58. The molecule has 1 amide bonds. The first-order valence-corrected chi connectivity index (χ1v) is 6.57. The van der Waals surface area contributed by atoms with Gasteiger partial charge in [-0.3, -0.25) is 4.79 Å². The Hall–Kier alpha value is -1.07. The molecule has 1 aromatic rings. The van der Waals surface area contributed by atoms with Gasteiger partial charge in [-0.2, -0.15) is 0 Å². The molecule has 0 fully saturated rings. The fourth-order valence-electron chi connectivity index (χ4n) is 1.68. The van der Waals surface area contributed by atoms with Crippen LogP contribution in [-0.2, 0) is 4.79 Å². The van der Waals surface area contributed by atoms with Crippen molar-refractivity contribution in [1.82, 2.24) is 0 Å². The van der Waals surface area contributed by atoms with Crippen molar-refractivity contribution >= 4 is 23.4 Å². The van der Waals surface area contributed by atoms with E-state index in [9.17, 15) is 14.3 Å². The summed E-state index contributed by atoms with van der Waals surface area (Å²) in [6.07, 6.45) is 0.847. The van der Waals surface area contributed by atoms with Crippen molar-refractivity contribution in [1.29, 1.82) is 0 Å². The lowest BCUT2D eigenvalue weighted by Gasteiger charge is -2.06. The molecular formula is C12H14FNO2S. The normalized spacial score (nSPS) is 18.1. The Morgan fingerprint density at radius 2 is 2.29 bits per heavy atom. The van der Waals surface area contributed by atoms with Crippen LogP contribution in [0.25, 0.3) is 0 Å². The summed E-state index contributed by atoms with van der Waals surface area (Å²) in [6.45, 7) is 2.08. The molecule has 2 rings (SSSR count). The highest BCUT2D eigenvalue weighted by molar-refractivity contribution is 7.99. The number of aliphatic hydroxyl groups excluding tert-OH is 1. The van der Waals surface area contributed by atoms with Crippen LogP contribution in [0.4, 0.5) is 10.1 Å². The van der Waals surface area contributed by atoms with Crippen LogP contribution in [0.1, 0.15) is 31.4 Å². The van der Waals surface area contributed by atoms with E-state index >= 15 is 0 Å². The minimum absolute atomic E-state index is 0.326. The summed E-state index contributed by atoms with van der Waals surface area (Å²) in [6, 6.07) is 2.84. The number of nitrogens with one attached hydrogen (secondary N) is 1. The van der Waals surface area contributed by atoms with Crippen LogP contribution in [-0.4, -0.2) is 16.8 Å². The zero-order valence-corrected chi connectivity index (χ0v) is 10.3. The third kappa shape index (κ3) is 2.45. The first-order chi connectivity index (χ1) is 8.13. The molecule has 2 N–H and O–H groups in total. The molecule has 17 heavy (non-hydrogen) atoms. The van der Waals surface area contributed by atoms with Crippen molar-refractivity contribution in [2.75, 3.05) is 11.1 Å². The van der Waals surface area contributed by atoms with Crippen LogP contribution in [0.15, 0.2) is 17.0 Å². The Kier molecular flexibility index (Phi) is 3.69. The molecule has 5 heteroatoms. The Morgan fingerprint density at radius 1 is 1.53 bits per heavy atom. The van der Waals surface area contributed by atoms with E-state index < -0.39 is 12.0 Å². The predicted octanol–water partition coefficient (Wildman–Crippen LogP) is 2.70. The van der Waals surface area contributed by atoms with Gasteiger partial charge in [0.25, 0.3) is 5.91 Å². The van der Waals surface area contributed by atoms with E-state index in [0.29, 0.717) is 16.1 Å². The van der Waals surface area contributed by atoms with Crippen LogP contribution in [0.5, 0.6) is 0 Å². The third-order valence-corrected chi connectivity index (χ3v) is 3.78. The molecule has 1 aliphatic heterocycles. The van der Waals surface area contributed by atoms with E-state index in [1.54, 1.807) is 6.07 Å². The van der Waals surface area contributed by atoms with E-state index in [0.717, 1.165) is 18.6 Å². The summed E-state index contributed by atoms with van der Waals surface area (Å²) < 4.78 is 13.7. The largest absolute Gasteiger partial charge is 0.378 e. The van der Waals surface area contributed by atoms with Gasteiger partial charge in [0.1, 0.15) is 5.82 Å². The molecular weight excluding hydrogens is 241 g/mol. The Bertz CT molecular complexity index is 450. The van der Waals surface area contributed by atoms with Crippen molar-refractivity contribution in [3.63, 3.8) is 0 Å². The highest BCUT2D eigenvalue weighted by atomic mass is 32.2. The molecule has 3 nitrogen and oxygen atoms in total. The molecule has 1 heterocycles. The highest BCUT2D eigenvalue weighted by Gasteiger charge is 2.29. The number of benzene rings is 1. The first kappa shape index (κ1) is 12.4. The summed E-state index contributed by atoms with van der Waals surface area (Å²) >= 11 is 1.43. The van der Waals surface area contributed by atoms with Crippen molar-refractivity contribution in [2.45, 2.75) is 30.8 Å². The molecule has 0 saturated heterocycles. The van der Waals surface area contributed by atoms with E-state index in [2.05, 4.69) is 12.2 Å². The molecule has 0 aromatic heterocycles. The molecule has 0 saturated carbocycles. The summed E-state index contributed by atoms with van der Waals surface area (Å²) in [7, 11) is 0. The van der Waals surface area contributed by atoms with Gasteiger partial charge >= 0.3 is 0 Å². The van der Waals surface area contributed by atoms with Gasteiger partial charge in [-0.15, -0.1) is 11.8 Å². The Balaban J connectivity index is 2.21. The number of anilines is 1. The Morgan fingerprint density at radius 3 is 3.00 bits per heavy atom. The van der Waals surface area contributed by atoms with Gasteiger partial charge in [0.15, 0.2) is 6.10 Å². The predicted molar refractivity (Wildman–Crippen MR) is 65.6 cm³/mol.